The molecule has 0 spiro atoms. The molecule has 0 unspecified atom stereocenters. The molecule has 6 nitrogen and oxygen atoms in total. The van der Waals surface area contributed by atoms with Gasteiger partial charge in [0.2, 0.25) is 0 Å². The minimum atomic E-state index is 0.102. The van der Waals surface area contributed by atoms with Crippen LogP contribution in [0, 0.1) is 5.92 Å². The summed E-state index contributed by atoms with van der Waals surface area (Å²) < 4.78 is 11.2. The number of ether oxygens (including phenoxy) is 2. The maximum Gasteiger partial charge on any atom is 0.320 e. The van der Waals surface area contributed by atoms with E-state index in [-0.39, 0.29) is 30.4 Å². The van der Waals surface area contributed by atoms with Gasteiger partial charge in [-0.2, -0.15) is 0 Å². The summed E-state index contributed by atoms with van der Waals surface area (Å²) in [6.45, 7) is 5.95. The molecule has 3 heterocycles. The molecule has 0 aromatic heterocycles. The SMILES string of the molecule is CCCOc1ccc(C2CN(C(=O)N3CC[C@@H]4OCC(=O)C[C@@H]4C3)C2)cc1. The maximum atomic E-state index is 12.8. The first-order valence-electron chi connectivity index (χ1n) is 10.0. The molecule has 1 aromatic rings. The number of fused-ring (bicyclic) bond motifs is 1. The highest BCUT2D eigenvalue weighted by Gasteiger charge is 2.40. The van der Waals surface area contributed by atoms with Gasteiger partial charge in [0.15, 0.2) is 5.78 Å². The third-order valence-corrected chi connectivity index (χ3v) is 5.86. The highest BCUT2D eigenvalue weighted by atomic mass is 16.5. The molecule has 1 aromatic carbocycles. The largest absolute Gasteiger partial charge is 0.494 e. The number of urea groups is 1. The van der Waals surface area contributed by atoms with Crippen LogP contribution in [0.1, 0.15) is 37.7 Å². The van der Waals surface area contributed by atoms with Crippen LogP contribution >= 0.6 is 0 Å². The van der Waals surface area contributed by atoms with Crippen LogP contribution < -0.4 is 4.74 Å². The van der Waals surface area contributed by atoms with Crippen molar-refractivity contribution in [1.29, 1.82) is 0 Å². The quantitative estimate of drug-likeness (QED) is 0.815. The Morgan fingerprint density at radius 1 is 1.19 bits per heavy atom. The normalized spacial score (nSPS) is 25.7. The van der Waals surface area contributed by atoms with Gasteiger partial charge >= 0.3 is 6.03 Å². The van der Waals surface area contributed by atoms with Crippen LogP contribution in [-0.4, -0.2) is 67.1 Å². The molecule has 0 radical (unpaired) electrons. The highest BCUT2D eigenvalue weighted by molar-refractivity contribution is 5.81. The Hall–Kier alpha value is -2.08. The van der Waals surface area contributed by atoms with Crippen molar-refractivity contribution in [1.82, 2.24) is 9.80 Å². The summed E-state index contributed by atoms with van der Waals surface area (Å²) in [6, 6.07) is 8.34. The van der Waals surface area contributed by atoms with Gasteiger partial charge in [0, 0.05) is 44.4 Å². The summed E-state index contributed by atoms with van der Waals surface area (Å²) in [7, 11) is 0. The molecule has 146 valence electrons. The molecule has 2 atom stereocenters. The molecular weight excluding hydrogens is 344 g/mol. The van der Waals surface area contributed by atoms with Crippen LogP contribution in [0.25, 0.3) is 0 Å². The lowest BCUT2D eigenvalue weighted by Crippen LogP contribution is -2.58. The number of hydrogen-bond donors (Lipinski definition) is 0. The van der Waals surface area contributed by atoms with Gasteiger partial charge in [0.1, 0.15) is 12.4 Å². The van der Waals surface area contributed by atoms with Gasteiger partial charge in [-0.3, -0.25) is 4.79 Å². The number of rotatable bonds is 4. The summed E-state index contributed by atoms with van der Waals surface area (Å²) in [5.41, 5.74) is 1.26. The van der Waals surface area contributed by atoms with Crippen molar-refractivity contribution in [3.8, 4) is 5.75 Å². The number of ketones is 1. The summed E-state index contributed by atoms with van der Waals surface area (Å²) >= 11 is 0. The summed E-state index contributed by atoms with van der Waals surface area (Å²) in [5.74, 6) is 1.61. The van der Waals surface area contributed by atoms with Gasteiger partial charge < -0.3 is 19.3 Å². The number of carbonyl (C=O) groups excluding carboxylic acids is 2. The highest BCUT2D eigenvalue weighted by Crippen LogP contribution is 2.32. The fourth-order valence-electron chi connectivity index (χ4n) is 4.25. The van der Waals surface area contributed by atoms with E-state index in [1.807, 2.05) is 21.9 Å². The number of amides is 2. The number of likely N-dealkylation sites (tertiary alicyclic amines) is 2. The summed E-state index contributed by atoms with van der Waals surface area (Å²) in [4.78, 5) is 28.2. The van der Waals surface area contributed by atoms with E-state index in [4.69, 9.17) is 9.47 Å². The molecule has 6 heteroatoms. The van der Waals surface area contributed by atoms with E-state index in [9.17, 15) is 9.59 Å². The van der Waals surface area contributed by atoms with E-state index in [1.54, 1.807) is 0 Å². The average molecular weight is 372 g/mol. The van der Waals surface area contributed by atoms with Gasteiger partial charge in [-0.25, -0.2) is 4.79 Å². The number of hydrogen-bond acceptors (Lipinski definition) is 4. The molecule has 0 N–H and O–H groups in total. The monoisotopic (exact) mass is 372 g/mol. The Bertz CT molecular complexity index is 684. The van der Waals surface area contributed by atoms with Crippen molar-refractivity contribution >= 4 is 11.8 Å². The molecule has 3 saturated heterocycles. The van der Waals surface area contributed by atoms with Crippen LogP contribution in [0.4, 0.5) is 4.79 Å². The van der Waals surface area contributed by atoms with Crippen LogP contribution in [0.3, 0.4) is 0 Å². The lowest BCUT2D eigenvalue weighted by Gasteiger charge is -2.46. The molecule has 3 fully saturated rings. The van der Waals surface area contributed by atoms with Crippen LogP contribution in [0.5, 0.6) is 5.75 Å². The number of nitrogens with zero attached hydrogens (tertiary/aromatic N) is 2. The van der Waals surface area contributed by atoms with Gasteiger partial charge in [-0.15, -0.1) is 0 Å². The number of carbonyl (C=O) groups is 2. The van der Waals surface area contributed by atoms with Gasteiger partial charge in [0.25, 0.3) is 0 Å². The average Bonchev–Trinajstić information content (AvgIpc) is 2.65. The van der Waals surface area contributed by atoms with Crippen molar-refractivity contribution < 1.29 is 19.1 Å². The standard InChI is InChI=1S/C21H28N2O4/c1-2-9-26-19-5-3-15(4-6-19)17-12-23(13-17)21(25)22-8-7-20-16(11-22)10-18(24)14-27-20/h3-6,16-17,20H,2,7-14H2,1H3/t16-,20+/m1/s1. The van der Waals surface area contributed by atoms with Crippen LogP contribution in [-0.2, 0) is 9.53 Å². The van der Waals surface area contributed by atoms with Crippen molar-refractivity contribution in [2.24, 2.45) is 5.92 Å². The number of Topliss-reactive ketones (excluding diaryl/α,β-unsaturated/α-hetero) is 1. The Morgan fingerprint density at radius 3 is 2.70 bits per heavy atom. The van der Waals surface area contributed by atoms with E-state index in [1.165, 1.54) is 5.56 Å². The Labute approximate surface area is 160 Å². The molecule has 0 saturated carbocycles. The summed E-state index contributed by atoms with van der Waals surface area (Å²) in [5, 5.41) is 0. The van der Waals surface area contributed by atoms with Gasteiger partial charge in [-0.1, -0.05) is 19.1 Å². The van der Waals surface area contributed by atoms with Crippen molar-refractivity contribution in [2.45, 2.75) is 38.2 Å². The van der Waals surface area contributed by atoms with Crippen molar-refractivity contribution in [3.05, 3.63) is 29.8 Å². The maximum absolute atomic E-state index is 12.8. The van der Waals surface area contributed by atoms with Gasteiger partial charge in [-0.05, 0) is 30.5 Å². The van der Waals surface area contributed by atoms with Crippen LogP contribution in [0.15, 0.2) is 24.3 Å². The Morgan fingerprint density at radius 2 is 1.96 bits per heavy atom. The zero-order chi connectivity index (χ0) is 18.8. The Kier molecular flexibility index (Phi) is 5.34. The molecule has 27 heavy (non-hydrogen) atoms. The summed E-state index contributed by atoms with van der Waals surface area (Å²) in [6.07, 6.45) is 2.52. The molecular formula is C21H28N2O4. The van der Waals surface area contributed by atoms with E-state index in [0.717, 1.165) is 44.8 Å². The van der Waals surface area contributed by atoms with E-state index < -0.39 is 0 Å². The van der Waals surface area contributed by atoms with Gasteiger partial charge in [0.05, 0.1) is 12.7 Å². The first-order chi connectivity index (χ1) is 13.1. The molecule has 2 amide bonds. The van der Waals surface area contributed by atoms with E-state index >= 15 is 0 Å². The minimum Gasteiger partial charge on any atom is -0.494 e. The predicted molar refractivity (Wildman–Crippen MR) is 101 cm³/mol. The minimum absolute atomic E-state index is 0.102. The molecule has 4 rings (SSSR count). The van der Waals surface area contributed by atoms with Crippen molar-refractivity contribution in [3.63, 3.8) is 0 Å². The fraction of sp³-hybridized carbons (Fsp3) is 0.619. The molecule has 0 aliphatic carbocycles. The second kappa shape index (κ2) is 7.89. The zero-order valence-electron chi connectivity index (χ0n) is 15.9. The van der Waals surface area contributed by atoms with Crippen LogP contribution in [0.2, 0.25) is 0 Å². The number of piperidine rings is 1. The molecule has 3 aliphatic heterocycles. The lowest BCUT2D eigenvalue weighted by molar-refractivity contribution is -0.140. The lowest BCUT2D eigenvalue weighted by atomic mass is 9.87. The van der Waals surface area contributed by atoms with E-state index in [0.29, 0.717) is 18.9 Å². The number of benzene rings is 1. The van der Waals surface area contributed by atoms with Crippen molar-refractivity contribution in [2.75, 3.05) is 39.4 Å². The second-order valence-electron chi connectivity index (χ2n) is 7.89. The predicted octanol–water partition coefficient (Wildman–Crippen LogP) is 2.67. The third-order valence-electron chi connectivity index (χ3n) is 5.86. The second-order valence-corrected chi connectivity index (χ2v) is 7.89. The zero-order valence-corrected chi connectivity index (χ0v) is 15.9. The topological polar surface area (TPSA) is 59.1 Å². The molecule has 3 aliphatic rings. The third kappa shape index (κ3) is 3.95. The van der Waals surface area contributed by atoms with E-state index in [2.05, 4.69) is 19.1 Å². The first kappa shape index (κ1) is 18.3. The first-order valence-corrected chi connectivity index (χ1v) is 10.0. The Balaban J connectivity index is 1.28. The smallest absolute Gasteiger partial charge is 0.320 e. The molecule has 0 bridgehead atoms. The fourth-order valence-corrected chi connectivity index (χ4v) is 4.25.